The van der Waals surface area contributed by atoms with E-state index in [1.807, 2.05) is 0 Å². The number of methoxy groups -OCH3 is 1. The number of ether oxygens (including phenoxy) is 1. The predicted molar refractivity (Wildman–Crippen MR) is 65.4 cm³/mol. The molecule has 0 aliphatic heterocycles. The average molecular weight is 264 g/mol. The van der Waals surface area contributed by atoms with Crippen molar-refractivity contribution in [2.75, 3.05) is 7.11 Å². The van der Waals surface area contributed by atoms with Crippen LogP contribution in [0.25, 0.3) is 0 Å². The van der Waals surface area contributed by atoms with Crippen molar-refractivity contribution in [1.29, 1.82) is 0 Å². The average Bonchev–Trinajstić information content (AvgIpc) is 2.81. The maximum absolute atomic E-state index is 13.6. The summed E-state index contributed by atoms with van der Waals surface area (Å²) in [6.45, 7) is 1.93. The molecule has 0 aliphatic carbocycles. The van der Waals surface area contributed by atoms with Crippen molar-refractivity contribution in [2.24, 2.45) is 0 Å². The number of rotatable bonds is 4. The lowest BCUT2D eigenvalue weighted by molar-refractivity contribution is 0.0943. The SMILES string of the molecule is COc1ccc(C(=O)NCc2cc(C)no2)c(F)c1. The number of benzene rings is 1. The Balaban J connectivity index is 2.03. The Morgan fingerprint density at radius 3 is 2.84 bits per heavy atom. The van der Waals surface area contributed by atoms with Crippen molar-refractivity contribution in [3.8, 4) is 5.75 Å². The first-order valence-corrected chi connectivity index (χ1v) is 5.64. The number of amides is 1. The van der Waals surface area contributed by atoms with Crippen molar-refractivity contribution in [3.63, 3.8) is 0 Å². The third kappa shape index (κ3) is 3.09. The highest BCUT2D eigenvalue weighted by Crippen LogP contribution is 2.16. The van der Waals surface area contributed by atoms with Gasteiger partial charge in [0.25, 0.3) is 5.91 Å². The van der Waals surface area contributed by atoms with Gasteiger partial charge in [-0.25, -0.2) is 4.39 Å². The third-order valence-electron chi connectivity index (χ3n) is 2.52. The molecule has 0 fully saturated rings. The lowest BCUT2D eigenvalue weighted by atomic mass is 10.2. The zero-order valence-electron chi connectivity index (χ0n) is 10.6. The molecular formula is C13H13FN2O3. The number of aromatic nitrogens is 1. The van der Waals surface area contributed by atoms with Crippen LogP contribution in [0.5, 0.6) is 5.75 Å². The van der Waals surface area contributed by atoms with Crippen LogP contribution >= 0.6 is 0 Å². The van der Waals surface area contributed by atoms with E-state index in [2.05, 4.69) is 10.5 Å². The van der Waals surface area contributed by atoms with Crippen LogP contribution in [-0.2, 0) is 6.54 Å². The van der Waals surface area contributed by atoms with E-state index < -0.39 is 11.7 Å². The van der Waals surface area contributed by atoms with Crippen LogP contribution in [0.1, 0.15) is 21.8 Å². The first-order valence-electron chi connectivity index (χ1n) is 5.64. The molecule has 0 saturated heterocycles. The standard InChI is InChI=1S/C13H13FN2O3/c1-8-5-10(19-16-8)7-15-13(17)11-4-3-9(18-2)6-12(11)14/h3-6H,7H2,1-2H3,(H,15,17). The first-order chi connectivity index (χ1) is 9.10. The summed E-state index contributed by atoms with van der Waals surface area (Å²) in [5.41, 5.74) is 0.678. The second-order valence-corrected chi connectivity index (χ2v) is 3.96. The van der Waals surface area contributed by atoms with Gasteiger partial charge in [-0.1, -0.05) is 5.16 Å². The molecule has 2 aromatic rings. The lowest BCUT2D eigenvalue weighted by Gasteiger charge is -2.05. The van der Waals surface area contributed by atoms with Gasteiger partial charge in [0.1, 0.15) is 11.6 Å². The minimum absolute atomic E-state index is 0.0444. The third-order valence-corrected chi connectivity index (χ3v) is 2.52. The van der Waals surface area contributed by atoms with Gasteiger partial charge < -0.3 is 14.6 Å². The number of nitrogens with zero attached hydrogens (tertiary/aromatic N) is 1. The van der Waals surface area contributed by atoms with Crippen molar-refractivity contribution in [1.82, 2.24) is 10.5 Å². The minimum atomic E-state index is -0.634. The van der Waals surface area contributed by atoms with Crippen LogP contribution in [-0.4, -0.2) is 18.2 Å². The van der Waals surface area contributed by atoms with E-state index in [1.54, 1.807) is 13.0 Å². The number of aryl methyl sites for hydroxylation is 1. The van der Waals surface area contributed by atoms with Gasteiger partial charge in [-0.2, -0.15) is 0 Å². The Morgan fingerprint density at radius 2 is 2.26 bits per heavy atom. The van der Waals surface area contributed by atoms with E-state index in [0.29, 0.717) is 11.5 Å². The fourth-order valence-corrected chi connectivity index (χ4v) is 1.57. The number of hydrogen-bond donors (Lipinski definition) is 1. The van der Waals surface area contributed by atoms with Crippen LogP contribution < -0.4 is 10.1 Å². The molecule has 2 rings (SSSR count). The molecule has 0 bridgehead atoms. The van der Waals surface area contributed by atoms with Crippen molar-refractivity contribution < 1.29 is 18.4 Å². The second kappa shape index (κ2) is 5.51. The van der Waals surface area contributed by atoms with Crippen LogP contribution in [0.2, 0.25) is 0 Å². The van der Waals surface area contributed by atoms with E-state index in [1.165, 1.54) is 19.2 Å². The first kappa shape index (κ1) is 13.1. The molecule has 5 nitrogen and oxygen atoms in total. The lowest BCUT2D eigenvalue weighted by Crippen LogP contribution is -2.23. The molecule has 1 N–H and O–H groups in total. The molecule has 1 aromatic heterocycles. The largest absolute Gasteiger partial charge is 0.497 e. The molecule has 0 aliphatic rings. The molecule has 0 saturated carbocycles. The normalized spacial score (nSPS) is 10.3. The van der Waals surface area contributed by atoms with E-state index in [0.717, 1.165) is 11.8 Å². The molecule has 0 unspecified atom stereocenters. The molecule has 0 radical (unpaired) electrons. The highest BCUT2D eigenvalue weighted by molar-refractivity contribution is 5.94. The summed E-state index contributed by atoms with van der Waals surface area (Å²) < 4.78 is 23.4. The van der Waals surface area contributed by atoms with Gasteiger partial charge in [-0.15, -0.1) is 0 Å². The van der Waals surface area contributed by atoms with Crippen molar-refractivity contribution >= 4 is 5.91 Å². The van der Waals surface area contributed by atoms with Gasteiger partial charge in [0.2, 0.25) is 0 Å². The Labute approximate surface area is 109 Å². The zero-order valence-corrected chi connectivity index (χ0v) is 10.6. The number of carbonyl (C=O) groups is 1. The van der Waals surface area contributed by atoms with Crippen molar-refractivity contribution in [2.45, 2.75) is 13.5 Å². The minimum Gasteiger partial charge on any atom is -0.497 e. The molecule has 100 valence electrons. The van der Waals surface area contributed by atoms with Gasteiger partial charge in [0.15, 0.2) is 5.76 Å². The summed E-state index contributed by atoms with van der Waals surface area (Å²) in [5, 5.41) is 6.24. The topological polar surface area (TPSA) is 64.4 Å². The Kier molecular flexibility index (Phi) is 3.79. The zero-order chi connectivity index (χ0) is 13.8. The summed E-state index contributed by atoms with van der Waals surface area (Å²) in [7, 11) is 1.43. The van der Waals surface area contributed by atoms with Crippen LogP contribution in [0, 0.1) is 12.7 Å². The molecular weight excluding hydrogens is 251 g/mol. The monoisotopic (exact) mass is 264 g/mol. The number of hydrogen-bond acceptors (Lipinski definition) is 4. The second-order valence-electron chi connectivity index (χ2n) is 3.96. The Morgan fingerprint density at radius 1 is 1.47 bits per heavy atom. The van der Waals surface area contributed by atoms with E-state index in [4.69, 9.17) is 9.26 Å². The molecule has 0 spiro atoms. The van der Waals surface area contributed by atoms with Gasteiger partial charge in [-0.05, 0) is 19.1 Å². The molecule has 6 heteroatoms. The van der Waals surface area contributed by atoms with Gasteiger partial charge in [0, 0.05) is 12.1 Å². The molecule has 1 amide bonds. The van der Waals surface area contributed by atoms with E-state index in [9.17, 15) is 9.18 Å². The highest BCUT2D eigenvalue weighted by atomic mass is 19.1. The fraction of sp³-hybridized carbons (Fsp3) is 0.231. The molecule has 19 heavy (non-hydrogen) atoms. The number of carbonyl (C=O) groups excluding carboxylic acids is 1. The quantitative estimate of drug-likeness (QED) is 0.918. The van der Waals surface area contributed by atoms with Gasteiger partial charge in [0.05, 0.1) is 24.9 Å². The van der Waals surface area contributed by atoms with Gasteiger partial charge in [-0.3, -0.25) is 4.79 Å². The predicted octanol–water partition coefficient (Wildman–Crippen LogP) is 2.06. The fourth-order valence-electron chi connectivity index (χ4n) is 1.57. The van der Waals surface area contributed by atoms with Crippen LogP contribution in [0.3, 0.4) is 0 Å². The van der Waals surface area contributed by atoms with Crippen LogP contribution in [0.15, 0.2) is 28.8 Å². The Bertz CT molecular complexity index is 595. The smallest absolute Gasteiger partial charge is 0.254 e. The van der Waals surface area contributed by atoms with Gasteiger partial charge >= 0.3 is 0 Å². The molecule has 1 heterocycles. The molecule has 1 aromatic carbocycles. The summed E-state index contributed by atoms with van der Waals surface area (Å²) in [4.78, 5) is 11.8. The maximum atomic E-state index is 13.6. The summed E-state index contributed by atoms with van der Waals surface area (Å²) in [5.74, 6) is -0.278. The van der Waals surface area contributed by atoms with Crippen molar-refractivity contribution in [3.05, 3.63) is 47.1 Å². The van der Waals surface area contributed by atoms with E-state index in [-0.39, 0.29) is 12.1 Å². The summed E-state index contributed by atoms with van der Waals surface area (Å²) in [6, 6.07) is 5.75. The summed E-state index contributed by atoms with van der Waals surface area (Å²) >= 11 is 0. The number of halogens is 1. The number of nitrogens with one attached hydrogen (secondary N) is 1. The molecule has 0 atom stereocenters. The summed E-state index contributed by atoms with van der Waals surface area (Å²) in [6.07, 6.45) is 0. The highest BCUT2D eigenvalue weighted by Gasteiger charge is 2.13. The van der Waals surface area contributed by atoms with Crippen LogP contribution in [0.4, 0.5) is 4.39 Å². The maximum Gasteiger partial charge on any atom is 0.254 e. The Hall–Kier alpha value is -2.37. The van der Waals surface area contributed by atoms with E-state index >= 15 is 0 Å².